The summed E-state index contributed by atoms with van der Waals surface area (Å²) in [6.45, 7) is 4.83. The highest BCUT2D eigenvalue weighted by Crippen LogP contribution is 2.29. The summed E-state index contributed by atoms with van der Waals surface area (Å²) >= 11 is 6.35. The number of aryl methyl sites for hydroxylation is 2. The fraction of sp³-hybridized carbons (Fsp3) is 0.200. The van der Waals surface area contributed by atoms with Crippen molar-refractivity contribution in [3.8, 4) is 0 Å². The molecule has 4 nitrogen and oxygen atoms in total. The molecule has 0 saturated heterocycles. The number of aromatic nitrogens is 2. The third-order valence-corrected chi connectivity index (χ3v) is 4.18. The van der Waals surface area contributed by atoms with E-state index >= 15 is 0 Å². The predicted octanol–water partition coefficient (Wildman–Crippen LogP) is 5.15. The molecule has 0 amide bonds. The second-order valence-electron chi connectivity index (χ2n) is 5.99. The topological polar surface area (TPSA) is 49.8 Å². The van der Waals surface area contributed by atoms with Crippen molar-refractivity contribution in [2.75, 3.05) is 17.2 Å². The van der Waals surface area contributed by atoms with Crippen LogP contribution in [0.1, 0.15) is 16.7 Å². The standard InChI is InChI=1S/C20H21ClN4/c1-14-12-15(2)19(17(21)13-14)24-18-9-11-23-20(25-18)22-10-8-16-6-4-3-5-7-16/h3-7,9,11-13H,8,10H2,1-2H3,(H2,22,23,24,25). The van der Waals surface area contributed by atoms with Crippen LogP contribution in [0.2, 0.25) is 5.02 Å². The van der Waals surface area contributed by atoms with Gasteiger partial charge in [-0.2, -0.15) is 4.98 Å². The third kappa shape index (κ3) is 4.70. The average Bonchev–Trinajstić information content (AvgIpc) is 2.59. The third-order valence-electron chi connectivity index (χ3n) is 3.88. The molecule has 0 bridgehead atoms. The summed E-state index contributed by atoms with van der Waals surface area (Å²) in [5.74, 6) is 1.31. The van der Waals surface area contributed by atoms with Crippen molar-refractivity contribution in [2.24, 2.45) is 0 Å². The molecule has 2 aromatic carbocycles. The Labute approximate surface area is 153 Å². The molecule has 0 aliphatic carbocycles. The van der Waals surface area contributed by atoms with Crippen LogP contribution in [0.25, 0.3) is 0 Å². The molecule has 3 aromatic rings. The SMILES string of the molecule is Cc1cc(C)c(Nc2ccnc(NCCc3ccccc3)n2)c(Cl)c1. The molecular weight excluding hydrogens is 332 g/mol. The van der Waals surface area contributed by atoms with E-state index < -0.39 is 0 Å². The Balaban J connectivity index is 1.65. The van der Waals surface area contributed by atoms with Gasteiger partial charge in [-0.05, 0) is 49.1 Å². The van der Waals surface area contributed by atoms with Crippen LogP contribution in [0.4, 0.5) is 17.5 Å². The molecule has 0 atom stereocenters. The van der Waals surface area contributed by atoms with Crippen LogP contribution >= 0.6 is 11.6 Å². The summed E-state index contributed by atoms with van der Waals surface area (Å²) in [6, 6.07) is 16.2. The molecule has 3 rings (SSSR count). The Hall–Kier alpha value is -2.59. The highest BCUT2D eigenvalue weighted by atomic mass is 35.5. The lowest BCUT2D eigenvalue weighted by Crippen LogP contribution is -2.08. The first-order chi connectivity index (χ1) is 12.1. The smallest absolute Gasteiger partial charge is 0.224 e. The number of rotatable bonds is 6. The zero-order valence-corrected chi connectivity index (χ0v) is 15.1. The van der Waals surface area contributed by atoms with Gasteiger partial charge in [-0.25, -0.2) is 4.98 Å². The van der Waals surface area contributed by atoms with Crippen molar-refractivity contribution >= 4 is 29.1 Å². The van der Waals surface area contributed by atoms with E-state index in [2.05, 4.69) is 38.8 Å². The van der Waals surface area contributed by atoms with Crippen LogP contribution in [0, 0.1) is 13.8 Å². The molecule has 0 fully saturated rings. The summed E-state index contributed by atoms with van der Waals surface area (Å²) in [5, 5.41) is 7.25. The van der Waals surface area contributed by atoms with Gasteiger partial charge in [-0.1, -0.05) is 48.0 Å². The minimum atomic E-state index is 0.599. The lowest BCUT2D eigenvalue weighted by Gasteiger charge is -2.13. The second-order valence-corrected chi connectivity index (χ2v) is 6.40. The molecule has 128 valence electrons. The van der Waals surface area contributed by atoms with E-state index in [1.807, 2.05) is 44.2 Å². The second kappa shape index (κ2) is 7.99. The maximum Gasteiger partial charge on any atom is 0.224 e. The highest BCUT2D eigenvalue weighted by molar-refractivity contribution is 6.33. The van der Waals surface area contributed by atoms with E-state index in [4.69, 9.17) is 11.6 Å². The van der Waals surface area contributed by atoms with E-state index in [0.29, 0.717) is 16.8 Å². The summed E-state index contributed by atoms with van der Waals surface area (Å²) in [4.78, 5) is 8.79. The van der Waals surface area contributed by atoms with Gasteiger partial charge in [0, 0.05) is 12.7 Å². The molecule has 1 heterocycles. The van der Waals surface area contributed by atoms with Crippen molar-refractivity contribution in [3.05, 3.63) is 76.4 Å². The van der Waals surface area contributed by atoms with Crippen molar-refractivity contribution in [1.29, 1.82) is 0 Å². The van der Waals surface area contributed by atoms with Crippen LogP contribution in [0.5, 0.6) is 0 Å². The van der Waals surface area contributed by atoms with Gasteiger partial charge in [0.25, 0.3) is 0 Å². The summed E-state index contributed by atoms with van der Waals surface area (Å²) in [6.07, 6.45) is 2.66. The fourth-order valence-electron chi connectivity index (χ4n) is 2.68. The predicted molar refractivity (Wildman–Crippen MR) is 105 cm³/mol. The number of nitrogens with one attached hydrogen (secondary N) is 2. The number of hydrogen-bond acceptors (Lipinski definition) is 4. The van der Waals surface area contributed by atoms with Gasteiger partial charge in [0.1, 0.15) is 5.82 Å². The van der Waals surface area contributed by atoms with E-state index in [9.17, 15) is 0 Å². The molecule has 0 unspecified atom stereocenters. The van der Waals surface area contributed by atoms with Gasteiger partial charge < -0.3 is 10.6 Å². The first-order valence-corrected chi connectivity index (χ1v) is 8.64. The van der Waals surface area contributed by atoms with Gasteiger partial charge in [0.15, 0.2) is 0 Å². The van der Waals surface area contributed by atoms with Crippen LogP contribution in [0.15, 0.2) is 54.7 Å². The number of benzene rings is 2. The van der Waals surface area contributed by atoms with E-state index in [0.717, 1.165) is 29.8 Å². The Morgan fingerprint density at radius 2 is 1.84 bits per heavy atom. The van der Waals surface area contributed by atoms with Crippen molar-refractivity contribution in [1.82, 2.24) is 9.97 Å². The number of halogens is 1. The largest absolute Gasteiger partial charge is 0.354 e. The van der Waals surface area contributed by atoms with E-state index in [-0.39, 0.29) is 0 Å². The van der Waals surface area contributed by atoms with Crippen molar-refractivity contribution < 1.29 is 0 Å². The Morgan fingerprint density at radius 1 is 1.04 bits per heavy atom. The molecule has 0 aliphatic rings. The van der Waals surface area contributed by atoms with Gasteiger partial charge in [0.2, 0.25) is 5.95 Å². The van der Waals surface area contributed by atoms with Crippen LogP contribution in [-0.4, -0.2) is 16.5 Å². The zero-order valence-electron chi connectivity index (χ0n) is 14.4. The Bertz CT molecular complexity index is 826. The van der Waals surface area contributed by atoms with E-state index in [1.54, 1.807) is 6.20 Å². The fourth-order valence-corrected chi connectivity index (χ4v) is 3.05. The van der Waals surface area contributed by atoms with Crippen LogP contribution in [-0.2, 0) is 6.42 Å². The summed E-state index contributed by atoms with van der Waals surface area (Å²) < 4.78 is 0. The van der Waals surface area contributed by atoms with Crippen molar-refractivity contribution in [2.45, 2.75) is 20.3 Å². The van der Waals surface area contributed by atoms with Gasteiger partial charge in [-0.15, -0.1) is 0 Å². The molecule has 0 aliphatic heterocycles. The lowest BCUT2D eigenvalue weighted by atomic mass is 10.1. The quantitative estimate of drug-likeness (QED) is 0.644. The minimum absolute atomic E-state index is 0.599. The Morgan fingerprint density at radius 3 is 2.60 bits per heavy atom. The number of anilines is 3. The molecule has 25 heavy (non-hydrogen) atoms. The van der Waals surface area contributed by atoms with Crippen LogP contribution in [0.3, 0.4) is 0 Å². The number of nitrogens with zero attached hydrogens (tertiary/aromatic N) is 2. The maximum absolute atomic E-state index is 6.35. The molecule has 0 spiro atoms. The van der Waals surface area contributed by atoms with Crippen LogP contribution < -0.4 is 10.6 Å². The van der Waals surface area contributed by atoms with Gasteiger partial charge in [0.05, 0.1) is 10.7 Å². The van der Waals surface area contributed by atoms with E-state index in [1.165, 1.54) is 5.56 Å². The summed E-state index contributed by atoms with van der Waals surface area (Å²) in [7, 11) is 0. The monoisotopic (exact) mass is 352 g/mol. The minimum Gasteiger partial charge on any atom is -0.354 e. The average molecular weight is 353 g/mol. The molecule has 2 N–H and O–H groups in total. The first-order valence-electron chi connectivity index (χ1n) is 8.26. The summed E-state index contributed by atoms with van der Waals surface area (Å²) in [5.41, 5.74) is 4.38. The zero-order chi connectivity index (χ0) is 17.6. The van der Waals surface area contributed by atoms with Crippen molar-refractivity contribution in [3.63, 3.8) is 0 Å². The first kappa shape index (κ1) is 17.2. The maximum atomic E-state index is 6.35. The molecule has 0 saturated carbocycles. The van der Waals surface area contributed by atoms with Gasteiger partial charge in [-0.3, -0.25) is 0 Å². The highest BCUT2D eigenvalue weighted by Gasteiger charge is 2.07. The molecule has 0 radical (unpaired) electrons. The Kier molecular flexibility index (Phi) is 5.51. The molecular formula is C20H21ClN4. The lowest BCUT2D eigenvalue weighted by molar-refractivity contribution is 0.985. The number of hydrogen-bond donors (Lipinski definition) is 2. The molecule has 5 heteroatoms. The van der Waals surface area contributed by atoms with Gasteiger partial charge >= 0.3 is 0 Å². The molecule has 1 aromatic heterocycles. The normalized spacial score (nSPS) is 10.5.